The zero-order valence-electron chi connectivity index (χ0n) is 14.5. The first-order chi connectivity index (χ1) is 12.7. The first-order valence-electron chi connectivity index (χ1n) is 8.16. The molecule has 3 aromatic rings. The van der Waals surface area contributed by atoms with Crippen LogP contribution < -0.4 is 14.8 Å². The molecule has 8 heteroatoms. The summed E-state index contributed by atoms with van der Waals surface area (Å²) in [6.45, 7) is 2.44. The summed E-state index contributed by atoms with van der Waals surface area (Å²) < 4.78 is 15.9. The minimum absolute atomic E-state index is 0.146. The second-order valence-corrected chi connectivity index (χ2v) is 6.28. The van der Waals surface area contributed by atoms with Gasteiger partial charge in [-0.15, -0.1) is 11.3 Å². The van der Waals surface area contributed by atoms with E-state index in [0.29, 0.717) is 41.9 Å². The van der Waals surface area contributed by atoms with Crippen molar-refractivity contribution in [2.45, 2.75) is 19.8 Å². The summed E-state index contributed by atoms with van der Waals surface area (Å²) in [6, 6.07) is 9.11. The lowest BCUT2D eigenvalue weighted by Crippen LogP contribution is -2.12. The van der Waals surface area contributed by atoms with E-state index in [1.54, 1.807) is 25.3 Å². The summed E-state index contributed by atoms with van der Waals surface area (Å²) in [6.07, 6.45) is 0.611. The van der Waals surface area contributed by atoms with Crippen LogP contribution in [0.5, 0.6) is 11.5 Å². The molecule has 1 amide bonds. The van der Waals surface area contributed by atoms with Crippen LogP contribution in [0.25, 0.3) is 10.7 Å². The molecule has 0 spiro atoms. The molecule has 2 aromatic heterocycles. The van der Waals surface area contributed by atoms with E-state index in [1.807, 2.05) is 24.4 Å². The molecule has 0 aliphatic carbocycles. The molecule has 0 saturated carbocycles. The van der Waals surface area contributed by atoms with E-state index in [9.17, 15) is 4.79 Å². The van der Waals surface area contributed by atoms with Gasteiger partial charge < -0.3 is 19.3 Å². The molecule has 26 heavy (non-hydrogen) atoms. The molecular weight excluding hydrogens is 354 g/mol. The van der Waals surface area contributed by atoms with Crippen molar-refractivity contribution < 1.29 is 18.8 Å². The van der Waals surface area contributed by atoms with Crippen LogP contribution in [-0.4, -0.2) is 29.8 Å². The number of thiophene rings is 1. The van der Waals surface area contributed by atoms with Crippen molar-refractivity contribution in [2.24, 2.45) is 0 Å². The molecule has 136 valence electrons. The van der Waals surface area contributed by atoms with Gasteiger partial charge in [0.05, 0.1) is 18.6 Å². The lowest BCUT2D eigenvalue weighted by atomic mass is 10.2. The third-order valence-electron chi connectivity index (χ3n) is 3.52. The number of rotatable bonds is 8. The van der Waals surface area contributed by atoms with Crippen LogP contribution in [0.4, 0.5) is 5.69 Å². The number of anilines is 1. The number of amides is 1. The average Bonchev–Trinajstić information content (AvgIpc) is 3.33. The number of hydrogen-bond acceptors (Lipinski definition) is 7. The first-order valence-corrected chi connectivity index (χ1v) is 9.04. The Labute approximate surface area is 154 Å². The van der Waals surface area contributed by atoms with E-state index in [2.05, 4.69) is 15.5 Å². The molecule has 0 bridgehead atoms. The van der Waals surface area contributed by atoms with Crippen molar-refractivity contribution in [3.8, 4) is 22.2 Å². The highest BCUT2D eigenvalue weighted by Crippen LogP contribution is 2.30. The number of hydrogen-bond donors (Lipinski definition) is 1. The standard InChI is InChI=1S/C18H19N3O4S/c1-3-24-13-7-6-12(11-14(13)23-2)19-16(22)8-9-17-20-18(21-25-17)15-5-4-10-26-15/h4-7,10-11H,3,8-9H2,1-2H3,(H,19,22). The van der Waals surface area contributed by atoms with Crippen LogP contribution in [0, 0.1) is 0 Å². The SMILES string of the molecule is CCOc1ccc(NC(=O)CCc2nc(-c3cccs3)no2)cc1OC. The maximum atomic E-state index is 12.2. The number of carbonyl (C=O) groups is 1. The van der Waals surface area contributed by atoms with Gasteiger partial charge in [0.25, 0.3) is 0 Å². The number of aryl methyl sites for hydroxylation is 1. The Bertz CT molecular complexity index is 861. The topological polar surface area (TPSA) is 86.5 Å². The number of aromatic nitrogens is 2. The van der Waals surface area contributed by atoms with Gasteiger partial charge in [0.1, 0.15) is 0 Å². The third-order valence-corrected chi connectivity index (χ3v) is 4.39. The van der Waals surface area contributed by atoms with Gasteiger partial charge in [0, 0.05) is 24.6 Å². The molecule has 2 heterocycles. The van der Waals surface area contributed by atoms with Gasteiger partial charge in [-0.25, -0.2) is 0 Å². The monoisotopic (exact) mass is 373 g/mol. The second kappa shape index (κ2) is 8.48. The molecule has 0 aliphatic rings. The number of carbonyl (C=O) groups excluding carboxylic acids is 1. The van der Waals surface area contributed by atoms with Crippen molar-refractivity contribution in [3.05, 3.63) is 41.6 Å². The molecule has 3 rings (SSSR count). The Balaban J connectivity index is 1.56. The summed E-state index contributed by atoms with van der Waals surface area (Å²) in [7, 11) is 1.56. The van der Waals surface area contributed by atoms with E-state index in [1.165, 1.54) is 11.3 Å². The highest BCUT2D eigenvalue weighted by Gasteiger charge is 2.12. The molecule has 0 saturated heterocycles. The maximum Gasteiger partial charge on any atom is 0.227 e. The predicted molar refractivity (Wildman–Crippen MR) is 98.7 cm³/mol. The van der Waals surface area contributed by atoms with Crippen LogP contribution in [-0.2, 0) is 11.2 Å². The molecule has 0 unspecified atom stereocenters. The van der Waals surface area contributed by atoms with Gasteiger partial charge in [-0.2, -0.15) is 4.98 Å². The quantitative estimate of drug-likeness (QED) is 0.647. The van der Waals surface area contributed by atoms with Crippen LogP contribution >= 0.6 is 11.3 Å². The van der Waals surface area contributed by atoms with E-state index in [0.717, 1.165) is 4.88 Å². The first kappa shape index (κ1) is 17.9. The van der Waals surface area contributed by atoms with Crippen LogP contribution in [0.15, 0.2) is 40.2 Å². The molecule has 0 atom stereocenters. The van der Waals surface area contributed by atoms with E-state index in [4.69, 9.17) is 14.0 Å². The normalized spacial score (nSPS) is 10.5. The number of methoxy groups -OCH3 is 1. The highest BCUT2D eigenvalue weighted by molar-refractivity contribution is 7.13. The Morgan fingerprint density at radius 2 is 2.19 bits per heavy atom. The van der Waals surface area contributed by atoms with Crippen LogP contribution in [0.1, 0.15) is 19.2 Å². The summed E-state index contributed by atoms with van der Waals surface area (Å²) in [5.74, 6) is 2.05. The largest absolute Gasteiger partial charge is 0.493 e. The highest BCUT2D eigenvalue weighted by atomic mass is 32.1. The van der Waals surface area contributed by atoms with Crippen molar-refractivity contribution in [1.29, 1.82) is 0 Å². The summed E-state index contributed by atoms with van der Waals surface area (Å²) in [4.78, 5) is 17.4. The van der Waals surface area contributed by atoms with E-state index >= 15 is 0 Å². The molecule has 1 aromatic carbocycles. The Morgan fingerprint density at radius 3 is 2.92 bits per heavy atom. The fraction of sp³-hybridized carbons (Fsp3) is 0.278. The smallest absolute Gasteiger partial charge is 0.227 e. The number of ether oxygens (including phenoxy) is 2. The lowest BCUT2D eigenvalue weighted by Gasteiger charge is -2.11. The minimum Gasteiger partial charge on any atom is -0.493 e. The zero-order valence-corrected chi connectivity index (χ0v) is 15.3. The number of benzene rings is 1. The van der Waals surface area contributed by atoms with Crippen LogP contribution in [0.3, 0.4) is 0 Å². The maximum absolute atomic E-state index is 12.2. The van der Waals surface area contributed by atoms with Gasteiger partial charge in [-0.3, -0.25) is 4.79 Å². The van der Waals surface area contributed by atoms with Gasteiger partial charge in [0.2, 0.25) is 17.6 Å². The molecular formula is C18H19N3O4S. The summed E-state index contributed by atoms with van der Waals surface area (Å²) in [5.41, 5.74) is 0.639. The number of nitrogens with zero attached hydrogens (tertiary/aromatic N) is 2. The fourth-order valence-electron chi connectivity index (χ4n) is 2.33. The van der Waals surface area contributed by atoms with Gasteiger partial charge >= 0.3 is 0 Å². The zero-order chi connectivity index (χ0) is 18.4. The minimum atomic E-state index is -0.146. The fourth-order valence-corrected chi connectivity index (χ4v) is 2.98. The molecule has 0 aliphatic heterocycles. The van der Waals surface area contributed by atoms with Crippen LogP contribution in [0.2, 0.25) is 0 Å². The molecule has 0 fully saturated rings. The van der Waals surface area contributed by atoms with Crippen molar-refractivity contribution in [3.63, 3.8) is 0 Å². The Kier molecular flexibility index (Phi) is 5.85. The molecule has 0 radical (unpaired) electrons. The summed E-state index contributed by atoms with van der Waals surface area (Å²) >= 11 is 1.54. The summed E-state index contributed by atoms with van der Waals surface area (Å²) in [5, 5.41) is 8.71. The average molecular weight is 373 g/mol. The van der Waals surface area contributed by atoms with Crippen molar-refractivity contribution in [2.75, 3.05) is 19.0 Å². The third kappa shape index (κ3) is 4.40. The van der Waals surface area contributed by atoms with E-state index in [-0.39, 0.29) is 12.3 Å². The number of nitrogens with one attached hydrogen (secondary N) is 1. The van der Waals surface area contributed by atoms with Crippen molar-refractivity contribution >= 4 is 22.9 Å². The van der Waals surface area contributed by atoms with Gasteiger partial charge in [-0.05, 0) is 30.5 Å². The Hall–Kier alpha value is -2.87. The predicted octanol–water partition coefficient (Wildman–Crippen LogP) is 3.78. The van der Waals surface area contributed by atoms with E-state index < -0.39 is 0 Å². The Morgan fingerprint density at radius 1 is 1.31 bits per heavy atom. The lowest BCUT2D eigenvalue weighted by molar-refractivity contribution is -0.116. The van der Waals surface area contributed by atoms with Gasteiger partial charge in [-0.1, -0.05) is 11.2 Å². The van der Waals surface area contributed by atoms with Crippen molar-refractivity contribution in [1.82, 2.24) is 10.1 Å². The molecule has 1 N–H and O–H groups in total. The molecule has 7 nitrogen and oxygen atoms in total. The van der Waals surface area contributed by atoms with Gasteiger partial charge in [0.15, 0.2) is 11.5 Å². The second-order valence-electron chi connectivity index (χ2n) is 5.34.